The summed E-state index contributed by atoms with van der Waals surface area (Å²) in [5, 5.41) is 19.9. The van der Waals surface area contributed by atoms with Gasteiger partial charge in [-0.1, -0.05) is 48.5 Å². The average molecular weight is 376 g/mol. The fraction of sp³-hybridized carbons (Fsp3) is 0.190. The van der Waals surface area contributed by atoms with Gasteiger partial charge in [0.1, 0.15) is 0 Å². The van der Waals surface area contributed by atoms with Gasteiger partial charge in [-0.25, -0.2) is 5.01 Å². The summed E-state index contributed by atoms with van der Waals surface area (Å²) in [5.74, 6) is 0. The van der Waals surface area contributed by atoms with E-state index in [0.29, 0.717) is 24.6 Å². The van der Waals surface area contributed by atoms with Crippen molar-refractivity contribution in [1.29, 1.82) is 5.26 Å². The molecule has 0 amide bonds. The highest BCUT2D eigenvalue weighted by molar-refractivity contribution is 7.80. The molecule has 5 nitrogen and oxygen atoms in total. The predicted octanol–water partition coefficient (Wildman–Crippen LogP) is 3.90. The van der Waals surface area contributed by atoms with Crippen LogP contribution in [0.1, 0.15) is 17.5 Å². The molecule has 0 atom stereocenters. The monoisotopic (exact) mass is 375 g/mol. The third-order valence-electron chi connectivity index (χ3n) is 4.23. The van der Waals surface area contributed by atoms with Crippen molar-refractivity contribution >= 4 is 34.4 Å². The molecule has 6 heteroatoms. The summed E-state index contributed by atoms with van der Waals surface area (Å²) < 4.78 is 2.09. The van der Waals surface area contributed by atoms with Gasteiger partial charge in [-0.2, -0.15) is 10.4 Å². The normalized spacial score (nSPS) is 10.8. The quantitative estimate of drug-likeness (QED) is 0.403. The van der Waals surface area contributed by atoms with E-state index in [1.165, 1.54) is 0 Å². The SMILES string of the molecule is CN(/N=C\c1cn(CCC#N)c2ccccc12)C(=S)NCc1ccccc1. The Labute approximate surface area is 164 Å². The van der Waals surface area contributed by atoms with Crippen molar-refractivity contribution in [3.63, 3.8) is 0 Å². The first kappa shape index (κ1) is 18.6. The number of nitrogens with one attached hydrogen (secondary N) is 1. The summed E-state index contributed by atoms with van der Waals surface area (Å²) in [6.07, 6.45) is 4.31. The Morgan fingerprint density at radius 2 is 1.96 bits per heavy atom. The lowest BCUT2D eigenvalue weighted by Crippen LogP contribution is -2.33. The summed E-state index contributed by atoms with van der Waals surface area (Å²) in [6.45, 7) is 1.32. The zero-order chi connectivity index (χ0) is 19.1. The number of fused-ring (bicyclic) bond motifs is 1. The van der Waals surface area contributed by atoms with Gasteiger partial charge in [-0.3, -0.25) is 0 Å². The molecule has 2 aromatic carbocycles. The first-order chi connectivity index (χ1) is 13.2. The number of hydrazone groups is 1. The average Bonchev–Trinajstić information content (AvgIpc) is 3.07. The molecular weight excluding hydrogens is 354 g/mol. The largest absolute Gasteiger partial charge is 0.357 e. The molecule has 0 aliphatic carbocycles. The van der Waals surface area contributed by atoms with E-state index >= 15 is 0 Å². The minimum absolute atomic E-state index is 0.475. The van der Waals surface area contributed by atoms with Gasteiger partial charge < -0.3 is 9.88 Å². The maximum Gasteiger partial charge on any atom is 0.189 e. The third-order valence-corrected chi connectivity index (χ3v) is 4.64. The summed E-state index contributed by atoms with van der Waals surface area (Å²) in [6, 6.07) is 20.4. The highest BCUT2D eigenvalue weighted by Gasteiger charge is 2.07. The highest BCUT2D eigenvalue weighted by Crippen LogP contribution is 2.20. The summed E-state index contributed by atoms with van der Waals surface area (Å²) in [7, 11) is 1.83. The fourth-order valence-electron chi connectivity index (χ4n) is 2.82. The molecule has 136 valence electrons. The summed E-state index contributed by atoms with van der Waals surface area (Å²) in [5.41, 5.74) is 3.26. The molecule has 0 radical (unpaired) electrons. The van der Waals surface area contributed by atoms with Crippen LogP contribution in [0.4, 0.5) is 0 Å². The maximum atomic E-state index is 8.86. The molecule has 1 aromatic heterocycles. The molecule has 3 aromatic rings. The van der Waals surface area contributed by atoms with E-state index in [4.69, 9.17) is 17.5 Å². The molecule has 0 saturated carbocycles. The summed E-state index contributed by atoms with van der Waals surface area (Å²) in [4.78, 5) is 0. The topological polar surface area (TPSA) is 56.4 Å². The minimum Gasteiger partial charge on any atom is -0.357 e. The summed E-state index contributed by atoms with van der Waals surface area (Å²) >= 11 is 5.41. The van der Waals surface area contributed by atoms with Crippen LogP contribution in [-0.4, -0.2) is 28.0 Å². The Hall–Kier alpha value is -3.17. The molecule has 27 heavy (non-hydrogen) atoms. The van der Waals surface area contributed by atoms with Crippen molar-refractivity contribution in [2.45, 2.75) is 19.5 Å². The molecule has 1 heterocycles. The van der Waals surface area contributed by atoms with Crippen LogP contribution in [0, 0.1) is 11.3 Å². The number of aromatic nitrogens is 1. The second-order valence-electron chi connectivity index (χ2n) is 6.12. The number of benzene rings is 2. The maximum absolute atomic E-state index is 8.86. The lowest BCUT2D eigenvalue weighted by molar-refractivity contribution is 0.532. The molecular formula is C21H21N5S. The number of hydrogen-bond donors (Lipinski definition) is 1. The number of thiocarbonyl (C=S) groups is 1. The van der Waals surface area contributed by atoms with E-state index in [2.05, 4.69) is 45.3 Å². The zero-order valence-corrected chi connectivity index (χ0v) is 16.0. The molecule has 0 fully saturated rings. The van der Waals surface area contributed by atoms with E-state index < -0.39 is 0 Å². The van der Waals surface area contributed by atoms with Crippen molar-refractivity contribution in [1.82, 2.24) is 14.9 Å². The minimum atomic E-state index is 0.475. The van der Waals surface area contributed by atoms with Gasteiger partial charge in [0, 0.05) is 42.8 Å². The van der Waals surface area contributed by atoms with E-state index in [9.17, 15) is 0 Å². The smallest absolute Gasteiger partial charge is 0.189 e. The van der Waals surface area contributed by atoms with Gasteiger partial charge in [-0.05, 0) is 23.8 Å². The van der Waals surface area contributed by atoms with Gasteiger partial charge in [0.2, 0.25) is 0 Å². The van der Waals surface area contributed by atoms with E-state index in [1.54, 1.807) is 5.01 Å². The molecule has 0 saturated heterocycles. The molecule has 0 aliphatic rings. The first-order valence-electron chi connectivity index (χ1n) is 8.73. The second kappa shape index (κ2) is 8.97. The first-order valence-corrected chi connectivity index (χ1v) is 9.14. The molecule has 0 unspecified atom stereocenters. The van der Waals surface area contributed by atoms with Crippen molar-refractivity contribution < 1.29 is 0 Å². The van der Waals surface area contributed by atoms with Crippen LogP contribution in [0.2, 0.25) is 0 Å². The van der Waals surface area contributed by atoms with Crippen LogP contribution >= 0.6 is 12.2 Å². The van der Waals surface area contributed by atoms with Crippen molar-refractivity contribution in [3.05, 3.63) is 71.9 Å². The molecule has 1 N–H and O–H groups in total. The molecule has 3 rings (SSSR count). The fourth-order valence-corrected chi connectivity index (χ4v) is 2.94. The van der Waals surface area contributed by atoms with Crippen LogP contribution in [-0.2, 0) is 13.1 Å². The number of aryl methyl sites for hydroxylation is 1. The Morgan fingerprint density at radius 1 is 1.22 bits per heavy atom. The van der Waals surface area contributed by atoms with Crippen LogP contribution in [0.3, 0.4) is 0 Å². The number of hydrogen-bond acceptors (Lipinski definition) is 3. The predicted molar refractivity (Wildman–Crippen MR) is 113 cm³/mol. The third kappa shape index (κ3) is 4.72. The second-order valence-corrected chi connectivity index (χ2v) is 6.50. The standard InChI is InChI=1S/C21H21N5S/c1-25(21(27)23-14-17-8-3-2-4-9-17)24-15-18-16-26(13-7-12-22)20-11-6-5-10-19(18)20/h2-6,8-11,15-16H,7,13-14H2,1H3,(H,23,27)/b24-15-. The lowest BCUT2D eigenvalue weighted by Gasteiger charge is -2.15. The Balaban J connectivity index is 1.69. The van der Waals surface area contributed by atoms with Crippen LogP contribution in [0.25, 0.3) is 10.9 Å². The highest BCUT2D eigenvalue weighted by atomic mass is 32.1. The van der Waals surface area contributed by atoms with Gasteiger partial charge in [0.05, 0.1) is 18.7 Å². The van der Waals surface area contributed by atoms with Gasteiger partial charge in [-0.15, -0.1) is 0 Å². The number of para-hydroxylation sites is 1. The lowest BCUT2D eigenvalue weighted by atomic mass is 10.2. The van der Waals surface area contributed by atoms with Crippen molar-refractivity contribution in [3.8, 4) is 6.07 Å². The number of rotatable bonds is 6. The van der Waals surface area contributed by atoms with Crippen LogP contribution in [0.5, 0.6) is 0 Å². The molecule has 0 spiro atoms. The Bertz CT molecular complexity index is 985. The van der Waals surface area contributed by atoms with Crippen molar-refractivity contribution in [2.24, 2.45) is 5.10 Å². The van der Waals surface area contributed by atoms with Gasteiger partial charge in [0.25, 0.3) is 0 Å². The van der Waals surface area contributed by atoms with Crippen LogP contribution < -0.4 is 5.32 Å². The number of nitrogens with zero attached hydrogens (tertiary/aromatic N) is 4. The Kier molecular flexibility index (Phi) is 6.18. The van der Waals surface area contributed by atoms with E-state index in [0.717, 1.165) is 22.0 Å². The van der Waals surface area contributed by atoms with E-state index in [1.807, 2.05) is 49.8 Å². The van der Waals surface area contributed by atoms with Gasteiger partial charge in [0.15, 0.2) is 5.11 Å². The molecule has 0 bridgehead atoms. The van der Waals surface area contributed by atoms with Crippen molar-refractivity contribution in [2.75, 3.05) is 7.05 Å². The Morgan fingerprint density at radius 3 is 2.74 bits per heavy atom. The number of nitriles is 1. The van der Waals surface area contributed by atoms with E-state index in [-0.39, 0.29) is 0 Å². The molecule has 0 aliphatic heterocycles. The van der Waals surface area contributed by atoms with Crippen LogP contribution in [0.15, 0.2) is 65.9 Å². The zero-order valence-electron chi connectivity index (χ0n) is 15.2. The van der Waals surface area contributed by atoms with Gasteiger partial charge >= 0.3 is 0 Å².